The molecule has 0 amide bonds. The van der Waals surface area contributed by atoms with Crippen molar-refractivity contribution in [3.05, 3.63) is 25.7 Å². The van der Waals surface area contributed by atoms with Crippen molar-refractivity contribution in [1.29, 1.82) is 0 Å². The molecule has 1 fully saturated rings. The molecule has 0 aliphatic heterocycles. The molecule has 0 spiro atoms. The van der Waals surface area contributed by atoms with Gasteiger partial charge in [-0.2, -0.15) is 0 Å². The molecular formula is C21H38O2. The standard InChI is InChI=1S/C21H38O2/c1-3-22-19-21(20-23-4-2)17-15-13-11-9-7-5-6-8-10-12-14-16-18-21/h3-4H,1-2,5-20H2. The summed E-state index contributed by atoms with van der Waals surface area (Å²) in [4.78, 5) is 0. The Kier molecular flexibility index (Phi) is 11.8. The molecule has 0 N–H and O–H groups in total. The van der Waals surface area contributed by atoms with Crippen LogP contribution in [0.15, 0.2) is 25.7 Å². The van der Waals surface area contributed by atoms with Crippen LogP contribution < -0.4 is 0 Å². The number of hydrogen-bond donors (Lipinski definition) is 0. The summed E-state index contributed by atoms with van der Waals surface area (Å²) in [6.07, 6.45) is 22.0. The van der Waals surface area contributed by atoms with Crippen molar-refractivity contribution in [3.63, 3.8) is 0 Å². The summed E-state index contributed by atoms with van der Waals surface area (Å²) in [5.74, 6) is 0. The summed E-state index contributed by atoms with van der Waals surface area (Å²) in [6, 6.07) is 0. The average molecular weight is 323 g/mol. The van der Waals surface area contributed by atoms with Gasteiger partial charge in [0.15, 0.2) is 0 Å². The molecule has 0 atom stereocenters. The molecule has 1 saturated carbocycles. The van der Waals surface area contributed by atoms with Crippen LogP contribution >= 0.6 is 0 Å². The Balaban J connectivity index is 2.58. The van der Waals surface area contributed by atoms with Crippen LogP contribution in [0.3, 0.4) is 0 Å². The molecule has 0 saturated heterocycles. The van der Waals surface area contributed by atoms with Crippen LogP contribution in [-0.4, -0.2) is 13.2 Å². The van der Waals surface area contributed by atoms with Crippen molar-refractivity contribution in [3.8, 4) is 0 Å². The molecule has 0 aromatic carbocycles. The second-order valence-electron chi connectivity index (χ2n) is 7.20. The second kappa shape index (κ2) is 13.5. The Morgan fingerprint density at radius 1 is 0.565 bits per heavy atom. The molecule has 0 aromatic heterocycles. The first-order valence-electron chi connectivity index (χ1n) is 9.78. The molecule has 0 aromatic rings. The molecule has 1 aliphatic rings. The minimum Gasteiger partial charge on any atom is -0.501 e. The Hall–Kier alpha value is -0.920. The molecule has 0 radical (unpaired) electrons. The average Bonchev–Trinajstić information content (AvgIpc) is 2.58. The molecule has 23 heavy (non-hydrogen) atoms. The van der Waals surface area contributed by atoms with Gasteiger partial charge in [-0.15, -0.1) is 0 Å². The minimum absolute atomic E-state index is 0.128. The van der Waals surface area contributed by atoms with Gasteiger partial charge in [-0.25, -0.2) is 0 Å². The second-order valence-corrected chi connectivity index (χ2v) is 7.20. The maximum Gasteiger partial charge on any atom is 0.0961 e. The zero-order chi connectivity index (χ0) is 16.6. The molecular weight excluding hydrogens is 284 g/mol. The van der Waals surface area contributed by atoms with Crippen molar-refractivity contribution in [2.75, 3.05) is 13.2 Å². The maximum absolute atomic E-state index is 5.61. The van der Waals surface area contributed by atoms with Gasteiger partial charge in [-0.3, -0.25) is 0 Å². The predicted molar refractivity (Wildman–Crippen MR) is 99.4 cm³/mol. The largest absolute Gasteiger partial charge is 0.501 e. The van der Waals surface area contributed by atoms with E-state index in [4.69, 9.17) is 9.47 Å². The SMILES string of the molecule is C=COCC1(COC=C)CCCCCCCCCCCCCC1. The Morgan fingerprint density at radius 2 is 0.870 bits per heavy atom. The third-order valence-corrected chi connectivity index (χ3v) is 5.18. The number of ether oxygens (including phenoxy) is 2. The quantitative estimate of drug-likeness (QED) is 0.502. The molecule has 0 unspecified atom stereocenters. The van der Waals surface area contributed by atoms with E-state index < -0.39 is 0 Å². The van der Waals surface area contributed by atoms with Crippen LogP contribution in [0, 0.1) is 5.41 Å². The topological polar surface area (TPSA) is 18.5 Å². The van der Waals surface area contributed by atoms with E-state index in [9.17, 15) is 0 Å². The van der Waals surface area contributed by atoms with Gasteiger partial charge in [0.25, 0.3) is 0 Å². The molecule has 134 valence electrons. The summed E-state index contributed by atoms with van der Waals surface area (Å²) in [5, 5.41) is 0. The van der Waals surface area contributed by atoms with Gasteiger partial charge < -0.3 is 9.47 Å². The maximum atomic E-state index is 5.61. The van der Waals surface area contributed by atoms with Crippen LogP contribution in [0.4, 0.5) is 0 Å². The first-order valence-corrected chi connectivity index (χ1v) is 9.78. The fourth-order valence-corrected chi connectivity index (χ4v) is 3.69. The normalized spacial score (nSPS) is 21.4. The minimum atomic E-state index is 0.128. The Bertz CT molecular complexity index is 268. The van der Waals surface area contributed by atoms with Gasteiger partial charge in [-0.05, 0) is 12.8 Å². The lowest BCUT2D eigenvalue weighted by atomic mass is 9.79. The highest BCUT2D eigenvalue weighted by molar-refractivity contribution is 4.81. The van der Waals surface area contributed by atoms with Crippen LogP contribution in [0.5, 0.6) is 0 Å². The highest BCUT2D eigenvalue weighted by Crippen LogP contribution is 2.33. The number of hydrogen-bond acceptors (Lipinski definition) is 2. The van der Waals surface area contributed by atoms with Crippen molar-refractivity contribution in [2.24, 2.45) is 5.41 Å². The van der Waals surface area contributed by atoms with E-state index in [1.165, 1.54) is 89.9 Å². The van der Waals surface area contributed by atoms with Crippen molar-refractivity contribution in [2.45, 2.75) is 89.9 Å². The Labute approximate surface area is 144 Å². The predicted octanol–water partition coefficient (Wildman–Crippen LogP) is 6.77. The van der Waals surface area contributed by atoms with Crippen LogP contribution in [0.25, 0.3) is 0 Å². The molecule has 1 aliphatic carbocycles. The lowest BCUT2D eigenvalue weighted by Crippen LogP contribution is -2.31. The van der Waals surface area contributed by atoms with E-state index >= 15 is 0 Å². The summed E-state index contributed by atoms with van der Waals surface area (Å²) in [5.41, 5.74) is 0.128. The summed E-state index contributed by atoms with van der Waals surface area (Å²) < 4.78 is 11.2. The molecule has 0 heterocycles. The zero-order valence-corrected chi connectivity index (χ0v) is 15.2. The third kappa shape index (κ3) is 9.73. The van der Waals surface area contributed by atoms with Gasteiger partial charge >= 0.3 is 0 Å². The summed E-state index contributed by atoms with van der Waals surface area (Å²) >= 11 is 0. The van der Waals surface area contributed by atoms with Crippen molar-refractivity contribution in [1.82, 2.24) is 0 Å². The Morgan fingerprint density at radius 3 is 1.17 bits per heavy atom. The van der Waals surface area contributed by atoms with Gasteiger partial charge in [0.2, 0.25) is 0 Å². The smallest absolute Gasteiger partial charge is 0.0961 e. The van der Waals surface area contributed by atoms with Crippen molar-refractivity contribution < 1.29 is 9.47 Å². The van der Waals surface area contributed by atoms with Crippen molar-refractivity contribution >= 4 is 0 Å². The van der Waals surface area contributed by atoms with Gasteiger partial charge in [0.1, 0.15) is 0 Å². The van der Waals surface area contributed by atoms with E-state index in [2.05, 4.69) is 13.2 Å². The number of rotatable bonds is 6. The highest BCUT2D eigenvalue weighted by Gasteiger charge is 2.30. The van der Waals surface area contributed by atoms with E-state index in [1.807, 2.05) is 0 Å². The fraction of sp³-hybridized carbons (Fsp3) is 0.810. The first-order chi connectivity index (χ1) is 11.3. The highest BCUT2D eigenvalue weighted by atomic mass is 16.5. The van der Waals surface area contributed by atoms with Gasteiger partial charge in [0, 0.05) is 5.41 Å². The molecule has 1 rings (SSSR count). The summed E-state index contributed by atoms with van der Waals surface area (Å²) in [6.45, 7) is 8.87. The molecule has 0 bridgehead atoms. The van der Waals surface area contributed by atoms with Crippen LogP contribution in [-0.2, 0) is 9.47 Å². The molecule has 2 nitrogen and oxygen atoms in total. The molecule has 2 heteroatoms. The fourth-order valence-electron chi connectivity index (χ4n) is 3.69. The summed E-state index contributed by atoms with van der Waals surface area (Å²) in [7, 11) is 0. The van der Waals surface area contributed by atoms with Crippen LogP contribution in [0.2, 0.25) is 0 Å². The lowest BCUT2D eigenvalue weighted by Gasteiger charge is -2.33. The van der Waals surface area contributed by atoms with E-state index in [1.54, 1.807) is 12.5 Å². The monoisotopic (exact) mass is 322 g/mol. The zero-order valence-electron chi connectivity index (χ0n) is 15.2. The van der Waals surface area contributed by atoms with E-state index in [-0.39, 0.29) is 5.41 Å². The van der Waals surface area contributed by atoms with Gasteiger partial charge in [0.05, 0.1) is 25.7 Å². The van der Waals surface area contributed by atoms with Crippen LogP contribution in [0.1, 0.15) is 89.9 Å². The van der Waals surface area contributed by atoms with Gasteiger partial charge in [-0.1, -0.05) is 90.2 Å². The van der Waals surface area contributed by atoms with E-state index in [0.717, 1.165) is 13.2 Å². The lowest BCUT2D eigenvalue weighted by molar-refractivity contribution is 0.0214. The first kappa shape index (κ1) is 20.1. The van der Waals surface area contributed by atoms with E-state index in [0.29, 0.717) is 0 Å². The third-order valence-electron chi connectivity index (χ3n) is 5.18.